The molecule has 0 unspecified atom stereocenters. The Labute approximate surface area is 111 Å². The summed E-state index contributed by atoms with van der Waals surface area (Å²) in [5.74, 6) is -0.795. The van der Waals surface area contributed by atoms with E-state index >= 15 is 0 Å². The lowest BCUT2D eigenvalue weighted by molar-refractivity contribution is 0.168. The van der Waals surface area contributed by atoms with Gasteiger partial charge >= 0.3 is 0 Å². The first-order chi connectivity index (χ1) is 8.95. The number of anilines is 1. The standard InChI is InChI=1S/C11H17FN2O4S/c1-18-8-6-14(5-7-15)19(16,17)10-4-2-3-9(12)11(10)13/h2-4,15H,5-8,13H2,1H3. The van der Waals surface area contributed by atoms with Gasteiger partial charge in [0.1, 0.15) is 10.7 Å². The molecule has 0 bridgehead atoms. The van der Waals surface area contributed by atoms with Crippen LogP contribution < -0.4 is 5.73 Å². The summed E-state index contributed by atoms with van der Waals surface area (Å²) in [7, 11) is -2.53. The normalized spacial score (nSPS) is 12.0. The number of para-hydroxylation sites is 1. The molecule has 0 heterocycles. The third-order valence-corrected chi connectivity index (χ3v) is 4.48. The topological polar surface area (TPSA) is 92.9 Å². The number of aliphatic hydroxyl groups is 1. The van der Waals surface area contributed by atoms with Crippen molar-refractivity contribution in [3.63, 3.8) is 0 Å². The van der Waals surface area contributed by atoms with Crippen molar-refractivity contribution in [1.82, 2.24) is 4.31 Å². The van der Waals surface area contributed by atoms with Gasteiger partial charge in [0.05, 0.1) is 18.9 Å². The van der Waals surface area contributed by atoms with Gasteiger partial charge < -0.3 is 15.6 Å². The van der Waals surface area contributed by atoms with E-state index in [2.05, 4.69) is 0 Å². The summed E-state index contributed by atoms with van der Waals surface area (Å²) >= 11 is 0. The minimum absolute atomic E-state index is 0.0509. The SMILES string of the molecule is COCCN(CCO)S(=O)(=O)c1cccc(F)c1N. The van der Waals surface area contributed by atoms with Crippen LogP contribution >= 0.6 is 0 Å². The smallest absolute Gasteiger partial charge is 0.245 e. The fourth-order valence-corrected chi connectivity index (χ4v) is 3.08. The molecule has 0 radical (unpaired) electrons. The largest absolute Gasteiger partial charge is 0.395 e. The van der Waals surface area contributed by atoms with Crippen molar-refractivity contribution >= 4 is 15.7 Å². The fourth-order valence-electron chi connectivity index (χ4n) is 1.54. The van der Waals surface area contributed by atoms with Crippen LogP contribution in [0.3, 0.4) is 0 Å². The van der Waals surface area contributed by atoms with Crippen molar-refractivity contribution in [2.45, 2.75) is 4.90 Å². The maximum atomic E-state index is 13.3. The minimum atomic E-state index is -3.96. The first-order valence-electron chi connectivity index (χ1n) is 5.59. The van der Waals surface area contributed by atoms with Crippen LogP contribution in [0.15, 0.2) is 23.1 Å². The lowest BCUT2D eigenvalue weighted by Crippen LogP contribution is -2.36. The lowest BCUT2D eigenvalue weighted by atomic mass is 10.3. The molecule has 0 spiro atoms. The molecular weight excluding hydrogens is 275 g/mol. The molecule has 0 aliphatic rings. The van der Waals surface area contributed by atoms with Crippen molar-refractivity contribution in [1.29, 1.82) is 0 Å². The number of sulfonamides is 1. The van der Waals surface area contributed by atoms with E-state index in [1.54, 1.807) is 0 Å². The summed E-state index contributed by atoms with van der Waals surface area (Å²) in [6, 6.07) is 3.58. The van der Waals surface area contributed by atoms with Crippen molar-refractivity contribution in [2.75, 3.05) is 39.1 Å². The molecule has 6 nitrogen and oxygen atoms in total. The van der Waals surface area contributed by atoms with Crippen LogP contribution in [0.5, 0.6) is 0 Å². The van der Waals surface area contributed by atoms with Crippen LogP contribution in [0.25, 0.3) is 0 Å². The van der Waals surface area contributed by atoms with Gasteiger partial charge in [-0.1, -0.05) is 6.07 Å². The van der Waals surface area contributed by atoms with Crippen LogP contribution in [-0.2, 0) is 14.8 Å². The third kappa shape index (κ3) is 3.63. The van der Waals surface area contributed by atoms with E-state index in [1.807, 2.05) is 0 Å². The van der Waals surface area contributed by atoms with E-state index in [0.29, 0.717) is 0 Å². The first kappa shape index (κ1) is 15.8. The van der Waals surface area contributed by atoms with Crippen LogP contribution in [0.1, 0.15) is 0 Å². The van der Waals surface area contributed by atoms with E-state index in [0.717, 1.165) is 10.4 Å². The molecule has 0 fully saturated rings. The van der Waals surface area contributed by atoms with Gasteiger partial charge in [0.15, 0.2) is 0 Å². The van der Waals surface area contributed by atoms with Gasteiger partial charge in [0, 0.05) is 20.2 Å². The number of benzene rings is 1. The molecule has 0 amide bonds. The molecular formula is C11H17FN2O4S. The fraction of sp³-hybridized carbons (Fsp3) is 0.455. The van der Waals surface area contributed by atoms with Crippen LogP contribution in [0, 0.1) is 5.82 Å². The van der Waals surface area contributed by atoms with Crippen molar-refractivity contribution in [3.05, 3.63) is 24.0 Å². The first-order valence-corrected chi connectivity index (χ1v) is 7.03. The zero-order valence-corrected chi connectivity index (χ0v) is 11.4. The molecule has 0 aliphatic heterocycles. The maximum absolute atomic E-state index is 13.3. The number of hydrogen-bond donors (Lipinski definition) is 2. The number of hydrogen-bond acceptors (Lipinski definition) is 5. The molecule has 0 saturated carbocycles. The Morgan fingerprint density at radius 1 is 1.42 bits per heavy atom. The molecule has 0 saturated heterocycles. The monoisotopic (exact) mass is 292 g/mol. The number of ether oxygens (including phenoxy) is 1. The number of methoxy groups -OCH3 is 1. The second kappa shape index (κ2) is 6.80. The van der Waals surface area contributed by atoms with E-state index in [9.17, 15) is 12.8 Å². The molecule has 3 N–H and O–H groups in total. The van der Waals surface area contributed by atoms with E-state index in [-0.39, 0.29) is 31.2 Å². The molecule has 8 heteroatoms. The number of rotatable bonds is 7. The molecule has 1 aromatic carbocycles. The quantitative estimate of drug-likeness (QED) is 0.692. The highest BCUT2D eigenvalue weighted by molar-refractivity contribution is 7.89. The molecule has 1 aromatic rings. The van der Waals surface area contributed by atoms with Crippen LogP contribution in [0.4, 0.5) is 10.1 Å². The predicted molar refractivity (Wildman–Crippen MR) is 68.5 cm³/mol. The lowest BCUT2D eigenvalue weighted by Gasteiger charge is -2.21. The third-order valence-electron chi connectivity index (χ3n) is 2.52. The maximum Gasteiger partial charge on any atom is 0.245 e. The molecule has 0 aromatic heterocycles. The molecule has 0 atom stereocenters. The highest BCUT2D eigenvalue weighted by atomic mass is 32.2. The Morgan fingerprint density at radius 3 is 2.68 bits per heavy atom. The molecule has 0 aliphatic carbocycles. The Morgan fingerprint density at radius 2 is 2.11 bits per heavy atom. The van der Waals surface area contributed by atoms with E-state index < -0.39 is 21.5 Å². The highest BCUT2D eigenvalue weighted by Crippen LogP contribution is 2.24. The van der Waals surface area contributed by atoms with Crippen molar-refractivity contribution in [3.8, 4) is 0 Å². The second-order valence-corrected chi connectivity index (χ2v) is 5.68. The summed E-state index contributed by atoms with van der Waals surface area (Å²) in [4.78, 5) is -0.308. The highest BCUT2D eigenvalue weighted by Gasteiger charge is 2.26. The van der Waals surface area contributed by atoms with Gasteiger partial charge in [0.2, 0.25) is 10.0 Å². The summed E-state index contributed by atoms with van der Waals surface area (Å²) in [6.45, 7) is -0.246. The summed E-state index contributed by atoms with van der Waals surface area (Å²) in [6.07, 6.45) is 0. The molecule has 19 heavy (non-hydrogen) atoms. The van der Waals surface area contributed by atoms with Crippen molar-refractivity contribution < 1.29 is 22.7 Å². The Hall–Kier alpha value is -1.22. The van der Waals surface area contributed by atoms with Gasteiger partial charge in [-0.05, 0) is 12.1 Å². The average Bonchev–Trinajstić information content (AvgIpc) is 2.37. The zero-order chi connectivity index (χ0) is 14.5. The van der Waals surface area contributed by atoms with Gasteiger partial charge in [-0.25, -0.2) is 12.8 Å². The van der Waals surface area contributed by atoms with Gasteiger partial charge in [-0.3, -0.25) is 0 Å². The Bertz CT molecular complexity index is 521. The molecule has 108 valence electrons. The minimum Gasteiger partial charge on any atom is -0.395 e. The van der Waals surface area contributed by atoms with Gasteiger partial charge in [0.25, 0.3) is 0 Å². The van der Waals surface area contributed by atoms with E-state index in [1.165, 1.54) is 19.2 Å². The van der Waals surface area contributed by atoms with E-state index in [4.69, 9.17) is 15.6 Å². The van der Waals surface area contributed by atoms with Crippen molar-refractivity contribution in [2.24, 2.45) is 0 Å². The van der Waals surface area contributed by atoms with Crippen LogP contribution in [-0.4, -0.2) is 51.2 Å². The number of aliphatic hydroxyl groups excluding tert-OH is 1. The summed E-state index contributed by atoms with van der Waals surface area (Å²) < 4.78 is 43.8. The zero-order valence-electron chi connectivity index (χ0n) is 10.5. The predicted octanol–water partition coefficient (Wildman–Crippen LogP) is 0.0373. The number of nitrogens with two attached hydrogens (primary N) is 1. The Balaban J connectivity index is 3.15. The summed E-state index contributed by atoms with van der Waals surface area (Å²) in [5.41, 5.74) is 5.03. The summed E-state index contributed by atoms with van der Waals surface area (Å²) in [5, 5.41) is 8.92. The average molecular weight is 292 g/mol. The number of nitrogen functional groups attached to an aromatic ring is 1. The molecule has 1 rings (SSSR count). The number of halogens is 1. The second-order valence-electron chi connectivity index (χ2n) is 3.77. The Kier molecular flexibility index (Phi) is 5.67. The van der Waals surface area contributed by atoms with Crippen LogP contribution in [0.2, 0.25) is 0 Å². The van der Waals surface area contributed by atoms with Gasteiger partial charge in [-0.2, -0.15) is 4.31 Å². The number of nitrogens with zero attached hydrogens (tertiary/aromatic N) is 1. The van der Waals surface area contributed by atoms with Gasteiger partial charge in [-0.15, -0.1) is 0 Å².